The monoisotopic (exact) mass is 214 g/mol. The van der Waals surface area contributed by atoms with Gasteiger partial charge in [-0.15, -0.1) is 0 Å². The summed E-state index contributed by atoms with van der Waals surface area (Å²) >= 11 is 0. The van der Waals surface area contributed by atoms with Crippen LogP contribution < -0.4 is 5.56 Å². The second kappa shape index (κ2) is 3.08. The van der Waals surface area contributed by atoms with Crippen LogP contribution in [-0.2, 0) is 6.18 Å². The molecule has 0 atom stereocenters. The van der Waals surface area contributed by atoms with Gasteiger partial charge in [-0.2, -0.15) is 13.2 Å². The molecule has 0 saturated heterocycles. The minimum absolute atomic E-state index is 0.0357. The third kappa shape index (κ3) is 1.70. The maximum absolute atomic E-state index is 12.3. The van der Waals surface area contributed by atoms with Gasteiger partial charge < -0.3 is 4.98 Å². The van der Waals surface area contributed by atoms with E-state index < -0.39 is 17.4 Å². The Hall–Kier alpha value is -1.85. The van der Waals surface area contributed by atoms with Crippen LogP contribution in [0.2, 0.25) is 0 Å². The highest BCUT2D eigenvalue weighted by Crippen LogP contribution is 2.27. The molecule has 78 valence electrons. The van der Waals surface area contributed by atoms with Crippen molar-refractivity contribution in [2.75, 3.05) is 0 Å². The topological polar surface area (TPSA) is 45.8 Å². The molecule has 3 nitrogen and oxygen atoms in total. The number of hydrogen-bond donors (Lipinski definition) is 1. The van der Waals surface area contributed by atoms with E-state index in [1.165, 1.54) is 18.3 Å². The largest absolute Gasteiger partial charge is 0.431 e. The average molecular weight is 214 g/mol. The number of H-pyrrole nitrogens is 1. The summed E-state index contributed by atoms with van der Waals surface area (Å²) in [6.07, 6.45) is -3.23. The van der Waals surface area contributed by atoms with Gasteiger partial charge in [0.15, 0.2) is 0 Å². The molecule has 1 N–H and O–H groups in total. The third-order valence-electron chi connectivity index (χ3n) is 1.92. The second-order valence-electron chi connectivity index (χ2n) is 2.95. The quantitative estimate of drug-likeness (QED) is 0.728. The van der Waals surface area contributed by atoms with Gasteiger partial charge in [-0.05, 0) is 18.2 Å². The lowest BCUT2D eigenvalue weighted by Crippen LogP contribution is -2.16. The molecule has 0 aliphatic carbocycles. The van der Waals surface area contributed by atoms with Gasteiger partial charge in [0, 0.05) is 6.20 Å². The first-order valence-electron chi connectivity index (χ1n) is 4.04. The minimum atomic E-state index is -4.56. The molecule has 2 aromatic heterocycles. The normalized spacial score (nSPS) is 11.9. The van der Waals surface area contributed by atoms with Gasteiger partial charge in [0.2, 0.25) is 0 Å². The zero-order valence-corrected chi connectivity index (χ0v) is 7.30. The van der Waals surface area contributed by atoms with Crippen LogP contribution >= 0.6 is 0 Å². The molecule has 15 heavy (non-hydrogen) atoms. The first kappa shape index (κ1) is 9.70. The van der Waals surface area contributed by atoms with Crippen molar-refractivity contribution < 1.29 is 13.2 Å². The Kier molecular flexibility index (Phi) is 1.99. The highest BCUT2D eigenvalue weighted by atomic mass is 19.4. The lowest BCUT2D eigenvalue weighted by Gasteiger charge is -2.06. The zero-order valence-electron chi connectivity index (χ0n) is 7.30. The van der Waals surface area contributed by atoms with E-state index in [-0.39, 0.29) is 10.9 Å². The van der Waals surface area contributed by atoms with Gasteiger partial charge in [0.25, 0.3) is 5.56 Å². The maximum Gasteiger partial charge on any atom is 0.431 e. The first-order chi connectivity index (χ1) is 6.98. The molecule has 0 spiro atoms. The van der Waals surface area contributed by atoms with Crippen LogP contribution in [0.3, 0.4) is 0 Å². The summed E-state index contributed by atoms with van der Waals surface area (Å²) in [5.74, 6) is 0. The van der Waals surface area contributed by atoms with Gasteiger partial charge in [-0.25, -0.2) is 0 Å². The third-order valence-corrected chi connectivity index (χ3v) is 1.92. The minimum Gasteiger partial charge on any atom is -0.318 e. The van der Waals surface area contributed by atoms with Crippen LogP contribution in [0.4, 0.5) is 13.2 Å². The Morgan fingerprint density at radius 2 is 2.07 bits per heavy atom. The fraction of sp³-hybridized carbons (Fsp3) is 0.111. The average Bonchev–Trinajstić information content (AvgIpc) is 2.16. The Balaban J connectivity index is 2.79. The predicted molar refractivity (Wildman–Crippen MR) is 47.4 cm³/mol. The molecule has 2 rings (SSSR count). The molecule has 0 aromatic carbocycles. The number of aromatic amines is 1. The molecule has 0 saturated carbocycles. The number of hydrogen-bond acceptors (Lipinski definition) is 2. The van der Waals surface area contributed by atoms with Crippen LogP contribution in [0.25, 0.3) is 10.9 Å². The molecule has 6 heteroatoms. The van der Waals surface area contributed by atoms with Crippen molar-refractivity contribution >= 4 is 10.9 Å². The molecule has 0 bridgehead atoms. The predicted octanol–water partition coefficient (Wildman–Crippen LogP) is 1.94. The number of nitrogens with one attached hydrogen (secondary N) is 1. The molecular weight excluding hydrogens is 209 g/mol. The smallest absolute Gasteiger partial charge is 0.318 e. The summed E-state index contributed by atoms with van der Waals surface area (Å²) in [6.45, 7) is 0. The van der Waals surface area contributed by atoms with E-state index in [1.54, 1.807) is 4.98 Å². The van der Waals surface area contributed by atoms with E-state index in [4.69, 9.17) is 0 Å². The molecular formula is C9H5F3N2O. The lowest BCUT2D eigenvalue weighted by molar-refractivity contribution is -0.141. The Morgan fingerprint density at radius 3 is 2.73 bits per heavy atom. The van der Waals surface area contributed by atoms with E-state index >= 15 is 0 Å². The summed E-state index contributed by atoms with van der Waals surface area (Å²) in [5, 5.41) is 0.144. The summed E-state index contributed by atoms with van der Waals surface area (Å²) in [5.41, 5.74) is -1.83. The summed E-state index contributed by atoms with van der Waals surface area (Å²) in [7, 11) is 0. The van der Waals surface area contributed by atoms with E-state index in [2.05, 4.69) is 4.98 Å². The SMILES string of the molecule is O=c1[nH]c(C(F)(F)F)cc2ncccc12. The maximum atomic E-state index is 12.3. The molecule has 0 aliphatic rings. The van der Waals surface area contributed by atoms with Gasteiger partial charge >= 0.3 is 6.18 Å². The number of nitrogens with zero attached hydrogens (tertiary/aromatic N) is 1. The molecule has 0 fully saturated rings. The lowest BCUT2D eigenvalue weighted by atomic mass is 10.2. The van der Waals surface area contributed by atoms with Crippen molar-refractivity contribution in [3.63, 3.8) is 0 Å². The second-order valence-corrected chi connectivity index (χ2v) is 2.95. The highest BCUT2D eigenvalue weighted by Gasteiger charge is 2.32. The van der Waals surface area contributed by atoms with E-state index in [9.17, 15) is 18.0 Å². The first-order valence-corrected chi connectivity index (χ1v) is 4.04. The Bertz CT molecular complexity index is 559. The zero-order chi connectivity index (χ0) is 11.1. The van der Waals surface area contributed by atoms with Gasteiger partial charge in [-0.1, -0.05) is 0 Å². The van der Waals surface area contributed by atoms with Crippen molar-refractivity contribution in [2.45, 2.75) is 6.18 Å². The summed E-state index contributed by atoms with van der Waals surface area (Å²) in [6, 6.07) is 3.73. The number of alkyl halides is 3. The van der Waals surface area contributed by atoms with Crippen LogP contribution in [0.15, 0.2) is 29.2 Å². The van der Waals surface area contributed by atoms with Gasteiger partial charge in [0.05, 0.1) is 10.9 Å². The molecule has 2 aromatic rings. The van der Waals surface area contributed by atoms with E-state index in [1.807, 2.05) is 0 Å². The van der Waals surface area contributed by atoms with E-state index in [0.717, 1.165) is 6.07 Å². The van der Waals surface area contributed by atoms with Crippen LogP contribution in [0.5, 0.6) is 0 Å². The fourth-order valence-electron chi connectivity index (χ4n) is 1.24. The van der Waals surface area contributed by atoms with Crippen molar-refractivity contribution in [1.82, 2.24) is 9.97 Å². The van der Waals surface area contributed by atoms with Crippen LogP contribution in [0, 0.1) is 0 Å². The van der Waals surface area contributed by atoms with Crippen molar-refractivity contribution in [3.05, 3.63) is 40.4 Å². The molecule has 0 radical (unpaired) electrons. The van der Waals surface area contributed by atoms with Crippen molar-refractivity contribution in [3.8, 4) is 0 Å². The standard InChI is InChI=1S/C9H5F3N2O/c10-9(11,12)7-4-6-5(8(15)14-7)2-1-3-13-6/h1-4H,(H,14,15). The number of fused-ring (bicyclic) bond motifs is 1. The van der Waals surface area contributed by atoms with Gasteiger partial charge in [-0.3, -0.25) is 9.78 Å². The van der Waals surface area contributed by atoms with Crippen molar-refractivity contribution in [2.24, 2.45) is 0 Å². The molecule has 0 aliphatic heterocycles. The van der Waals surface area contributed by atoms with Gasteiger partial charge in [0.1, 0.15) is 5.69 Å². The Labute approximate surface area is 81.6 Å². The summed E-state index contributed by atoms with van der Waals surface area (Å²) in [4.78, 5) is 16.7. The van der Waals surface area contributed by atoms with Crippen LogP contribution in [0.1, 0.15) is 5.69 Å². The number of halogens is 3. The highest BCUT2D eigenvalue weighted by molar-refractivity contribution is 5.77. The summed E-state index contributed by atoms with van der Waals surface area (Å²) < 4.78 is 36.9. The molecule has 0 amide bonds. The number of rotatable bonds is 0. The molecule has 2 heterocycles. The van der Waals surface area contributed by atoms with E-state index in [0.29, 0.717) is 0 Å². The fourth-order valence-corrected chi connectivity index (χ4v) is 1.24. The number of pyridine rings is 2. The van der Waals surface area contributed by atoms with Crippen LogP contribution in [-0.4, -0.2) is 9.97 Å². The number of aromatic nitrogens is 2. The Morgan fingerprint density at radius 1 is 1.33 bits per heavy atom. The molecule has 0 unspecified atom stereocenters. The van der Waals surface area contributed by atoms with Crippen molar-refractivity contribution in [1.29, 1.82) is 0 Å².